The van der Waals surface area contributed by atoms with Crippen molar-refractivity contribution in [2.75, 3.05) is 13.6 Å². The maximum absolute atomic E-state index is 9.12. The number of aromatic nitrogens is 2. The maximum Gasteiger partial charge on any atom is 0.167 e. The lowest BCUT2D eigenvalue weighted by Gasteiger charge is -2.30. The predicted octanol–water partition coefficient (Wildman–Crippen LogP) is 1.47. The molecule has 2 heterocycles. The number of nitrogens with zero attached hydrogens (tertiary/aromatic N) is 4. The summed E-state index contributed by atoms with van der Waals surface area (Å²) in [7, 11) is 2.10. The Bertz CT molecular complexity index is 450. The molecule has 3 rings (SSSR count). The minimum Gasteiger partial charge on any atom is -0.302 e. The zero-order valence-electron chi connectivity index (χ0n) is 9.61. The van der Waals surface area contributed by atoms with Crippen molar-refractivity contribution in [2.24, 2.45) is 0 Å². The highest BCUT2D eigenvalue weighted by Crippen LogP contribution is 2.34. The molecule has 1 aliphatic heterocycles. The number of rotatable bonds is 1. The van der Waals surface area contributed by atoms with Gasteiger partial charge in [0.05, 0.1) is 6.04 Å². The second-order valence-electron chi connectivity index (χ2n) is 4.90. The zero-order chi connectivity index (χ0) is 11.1. The van der Waals surface area contributed by atoms with Crippen LogP contribution < -0.4 is 0 Å². The van der Waals surface area contributed by atoms with Crippen LogP contribution in [-0.4, -0.2) is 28.3 Å². The summed E-state index contributed by atoms with van der Waals surface area (Å²) in [6.07, 6.45) is 4.81. The lowest BCUT2D eigenvalue weighted by atomic mass is 9.92. The Balaban J connectivity index is 2.04. The molecule has 1 saturated carbocycles. The topological polar surface area (TPSA) is 44.9 Å². The van der Waals surface area contributed by atoms with E-state index < -0.39 is 0 Å². The molecule has 1 aromatic rings. The van der Waals surface area contributed by atoms with Gasteiger partial charge in [-0.1, -0.05) is 0 Å². The van der Waals surface area contributed by atoms with Gasteiger partial charge in [-0.2, -0.15) is 10.4 Å². The Morgan fingerprint density at radius 3 is 2.88 bits per heavy atom. The minimum absolute atomic E-state index is 0.569. The van der Waals surface area contributed by atoms with E-state index >= 15 is 0 Å². The van der Waals surface area contributed by atoms with Gasteiger partial charge in [0, 0.05) is 30.8 Å². The van der Waals surface area contributed by atoms with Crippen molar-refractivity contribution >= 4 is 0 Å². The van der Waals surface area contributed by atoms with Gasteiger partial charge >= 0.3 is 0 Å². The van der Waals surface area contributed by atoms with Crippen LogP contribution in [0.5, 0.6) is 0 Å². The number of hydrogen-bond acceptors (Lipinski definition) is 3. The normalized spacial score (nSPS) is 21.2. The summed E-state index contributed by atoms with van der Waals surface area (Å²) in [5, 5.41) is 13.6. The molecular formula is C12H16N4. The molecule has 4 nitrogen and oxygen atoms in total. The van der Waals surface area contributed by atoms with Crippen LogP contribution in [0.2, 0.25) is 0 Å². The van der Waals surface area contributed by atoms with E-state index in [9.17, 15) is 0 Å². The molecular weight excluding hydrogens is 200 g/mol. The van der Waals surface area contributed by atoms with Gasteiger partial charge in [0.25, 0.3) is 0 Å². The molecule has 1 aliphatic carbocycles. The first-order chi connectivity index (χ1) is 7.79. The van der Waals surface area contributed by atoms with Crippen molar-refractivity contribution in [1.29, 1.82) is 5.26 Å². The summed E-state index contributed by atoms with van der Waals surface area (Å²) >= 11 is 0. The Kier molecular flexibility index (Phi) is 2.22. The van der Waals surface area contributed by atoms with E-state index in [1.165, 1.54) is 30.5 Å². The summed E-state index contributed by atoms with van der Waals surface area (Å²) in [4.78, 5) is 2.26. The monoisotopic (exact) mass is 216 g/mol. The van der Waals surface area contributed by atoms with Crippen molar-refractivity contribution in [3.8, 4) is 6.07 Å². The van der Waals surface area contributed by atoms with Gasteiger partial charge in [-0.15, -0.1) is 0 Å². The fourth-order valence-electron chi connectivity index (χ4n) is 2.60. The Morgan fingerprint density at radius 1 is 1.44 bits per heavy atom. The third-order valence-corrected chi connectivity index (χ3v) is 3.80. The highest BCUT2D eigenvalue weighted by molar-refractivity contribution is 5.37. The van der Waals surface area contributed by atoms with E-state index in [4.69, 9.17) is 5.26 Å². The van der Waals surface area contributed by atoms with Gasteiger partial charge in [-0.05, 0) is 26.3 Å². The molecule has 0 radical (unpaired) electrons. The summed E-state index contributed by atoms with van der Waals surface area (Å²) < 4.78 is 2.14. The fraction of sp³-hybridized carbons (Fsp3) is 0.667. The van der Waals surface area contributed by atoms with Crippen LogP contribution in [0.3, 0.4) is 0 Å². The van der Waals surface area contributed by atoms with E-state index in [-0.39, 0.29) is 0 Å². The molecule has 0 bridgehead atoms. The van der Waals surface area contributed by atoms with Gasteiger partial charge < -0.3 is 4.90 Å². The third-order valence-electron chi connectivity index (χ3n) is 3.80. The van der Waals surface area contributed by atoms with Gasteiger partial charge in [0.15, 0.2) is 5.69 Å². The number of hydrogen-bond donors (Lipinski definition) is 0. The quantitative estimate of drug-likeness (QED) is 0.714. The first-order valence-electron chi connectivity index (χ1n) is 5.98. The summed E-state index contributed by atoms with van der Waals surface area (Å²) in [5.74, 6) is 0. The second kappa shape index (κ2) is 3.60. The van der Waals surface area contributed by atoms with E-state index in [0.717, 1.165) is 19.5 Å². The van der Waals surface area contributed by atoms with E-state index in [1.807, 2.05) is 0 Å². The van der Waals surface area contributed by atoms with Gasteiger partial charge in [0.2, 0.25) is 0 Å². The van der Waals surface area contributed by atoms with Crippen molar-refractivity contribution in [2.45, 2.75) is 38.3 Å². The molecule has 2 aliphatic rings. The third kappa shape index (κ3) is 1.35. The molecule has 0 spiro atoms. The van der Waals surface area contributed by atoms with E-state index in [1.54, 1.807) is 0 Å². The molecule has 1 aromatic heterocycles. The molecule has 1 fully saturated rings. The highest BCUT2D eigenvalue weighted by Gasteiger charge is 2.29. The van der Waals surface area contributed by atoms with Gasteiger partial charge in [-0.3, -0.25) is 4.68 Å². The standard InChI is InChI=1S/C12H16N4/c1-15-6-5-12-10(8-15)11(7-13)14-16(12)9-3-2-4-9/h9H,2-6,8H2,1H3. The maximum atomic E-state index is 9.12. The van der Waals surface area contributed by atoms with E-state index in [2.05, 4.69) is 27.8 Å². The highest BCUT2D eigenvalue weighted by atomic mass is 15.3. The molecule has 0 N–H and O–H groups in total. The van der Waals surface area contributed by atoms with Crippen LogP contribution in [0.25, 0.3) is 0 Å². The predicted molar refractivity (Wildman–Crippen MR) is 59.9 cm³/mol. The molecule has 0 atom stereocenters. The molecule has 84 valence electrons. The Labute approximate surface area is 95.5 Å². The number of fused-ring (bicyclic) bond motifs is 1. The lowest BCUT2D eigenvalue weighted by molar-refractivity contribution is 0.264. The average Bonchev–Trinajstić information content (AvgIpc) is 2.54. The van der Waals surface area contributed by atoms with Crippen molar-refractivity contribution in [3.63, 3.8) is 0 Å². The van der Waals surface area contributed by atoms with Crippen LogP contribution in [0.1, 0.15) is 42.3 Å². The van der Waals surface area contributed by atoms with Crippen LogP contribution in [0.15, 0.2) is 0 Å². The second-order valence-corrected chi connectivity index (χ2v) is 4.90. The summed E-state index contributed by atoms with van der Waals surface area (Å²) in [5.41, 5.74) is 3.14. The largest absolute Gasteiger partial charge is 0.302 e. The Morgan fingerprint density at radius 2 is 2.25 bits per heavy atom. The lowest BCUT2D eigenvalue weighted by Crippen LogP contribution is -2.29. The van der Waals surface area contributed by atoms with Gasteiger partial charge in [0.1, 0.15) is 6.07 Å². The van der Waals surface area contributed by atoms with Crippen LogP contribution in [0.4, 0.5) is 0 Å². The molecule has 16 heavy (non-hydrogen) atoms. The zero-order valence-corrected chi connectivity index (χ0v) is 9.61. The molecule has 4 heteroatoms. The summed E-state index contributed by atoms with van der Waals surface area (Å²) in [6.45, 7) is 1.96. The first-order valence-corrected chi connectivity index (χ1v) is 5.98. The molecule has 0 aromatic carbocycles. The molecule has 0 amide bonds. The summed E-state index contributed by atoms with van der Waals surface area (Å²) in [6, 6.07) is 2.81. The van der Waals surface area contributed by atoms with Crippen molar-refractivity contribution < 1.29 is 0 Å². The van der Waals surface area contributed by atoms with Crippen LogP contribution >= 0.6 is 0 Å². The minimum atomic E-state index is 0.569. The smallest absolute Gasteiger partial charge is 0.167 e. The van der Waals surface area contributed by atoms with Crippen molar-refractivity contribution in [1.82, 2.24) is 14.7 Å². The van der Waals surface area contributed by atoms with Crippen LogP contribution in [-0.2, 0) is 13.0 Å². The van der Waals surface area contributed by atoms with Gasteiger partial charge in [-0.25, -0.2) is 0 Å². The SMILES string of the molecule is CN1CCc2c(c(C#N)nn2C2CCC2)C1. The number of nitriles is 1. The fourth-order valence-corrected chi connectivity index (χ4v) is 2.60. The Hall–Kier alpha value is -1.34. The molecule has 0 saturated heterocycles. The van der Waals surface area contributed by atoms with E-state index in [0.29, 0.717) is 11.7 Å². The number of likely N-dealkylation sites (N-methyl/N-ethyl adjacent to an activating group) is 1. The van der Waals surface area contributed by atoms with Crippen molar-refractivity contribution in [3.05, 3.63) is 17.0 Å². The average molecular weight is 216 g/mol. The first kappa shape index (κ1) is 9.86. The molecule has 0 unspecified atom stereocenters. The van der Waals surface area contributed by atoms with Crippen LogP contribution in [0, 0.1) is 11.3 Å².